The topological polar surface area (TPSA) is 105 Å². The lowest BCUT2D eigenvalue weighted by Crippen LogP contribution is -2.54. The van der Waals surface area contributed by atoms with Gasteiger partial charge < -0.3 is 24.8 Å². The monoisotopic (exact) mass is 454 g/mol. The van der Waals surface area contributed by atoms with Crippen LogP contribution in [-0.2, 0) is 19.1 Å². The molecule has 2 amide bonds. The largest absolute Gasteiger partial charge is 0.481 e. The maximum atomic E-state index is 13.0. The molecule has 2 aromatic rings. The molecule has 2 atom stereocenters. The van der Waals surface area contributed by atoms with E-state index in [1.165, 1.54) is 12.0 Å². The molecule has 176 valence electrons. The number of nitrogens with zero attached hydrogens (tertiary/aromatic N) is 1. The van der Waals surface area contributed by atoms with E-state index in [1.807, 2.05) is 36.4 Å². The van der Waals surface area contributed by atoms with Gasteiger partial charge in [0.05, 0.1) is 12.5 Å². The van der Waals surface area contributed by atoms with Gasteiger partial charge in [0.2, 0.25) is 5.91 Å². The molecule has 2 unspecified atom stereocenters. The van der Waals surface area contributed by atoms with Crippen molar-refractivity contribution in [1.29, 1.82) is 0 Å². The van der Waals surface area contributed by atoms with Gasteiger partial charge in [0.1, 0.15) is 12.6 Å². The first-order chi connectivity index (χ1) is 15.9. The van der Waals surface area contributed by atoms with Gasteiger partial charge in [0.15, 0.2) is 0 Å². The number of aliphatic carboxylic acids is 1. The Kier molecular flexibility index (Phi) is 8.06. The average molecular weight is 455 g/mol. The lowest BCUT2D eigenvalue weighted by Gasteiger charge is -2.29. The fraction of sp³-hybridized carbons (Fsp3) is 0.400. The number of hydrogen-bond donors (Lipinski definition) is 2. The van der Waals surface area contributed by atoms with E-state index in [2.05, 4.69) is 17.4 Å². The number of nitrogens with one attached hydrogen (secondary N) is 1. The standard InChI is InChI=1S/C25H30N2O6/c1-4-27(14-13-22(28)29)24(30)23(16(2)32-3)26-25(31)33-15-21-19-11-7-5-9-17(19)18-10-6-8-12-20(18)21/h5-12,16,21,23H,4,13-15H2,1-3H3,(H,26,31)(H,28,29). The van der Waals surface area contributed by atoms with Crippen LogP contribution in [0, 0.1) is 0 Å². The number of hydrogen-bond acceptors (Lipinski definition) is 5. The molecule has 33 heavy (non-hydrogen) atoms. The smallest absolute Gasteiger partial charge is 0.407 e. The number of ether oxygens (including phenoxy) is 2. The average Bonchev–Trinajstić information content (AvgIpc) is 3.14. The van der Waals surface area contributed by atoms with Crippen molar-refractivity contribution >= 4 is 18.0 Å². The van der Waals surface area contributed by atoms with Gasteiger partial charge >= 0.3 is 12.1 Å². The zero-order valence-corrected chi connectivity index (χ0v) is 19.1. The Morgan fingerprint density at radius 1 is 1.06 bits per heavy atom. The number of carbonyl (C=O) groups is 3. The van der Waals surface area contributed by atoms with E-state index in [0.29, 0.717) is 6.54 Å². The second-order valence-electron chi connectivity index (χ2n) is 7.95. The fourth-order valence-electron chi connectivity index (χ4n) is 4.13. The van der Waals surface area contributed by atoms with E-state index in [1.54, 1.807) is 13.8 Å². The summed E-state index contributed by atoms with van der Waals surface area (Å²) in [4.78, 5) is 38.0. The van der Waals surface area contributed by atoms with Crippen molar-refractivity contribution < 1.29 is 29.0 Å². The molecular weight excluding hydrogens is 424 g/mol. The Hall–Kier alpha value is -3.39. The zero-order valence-electron chi connectivity index (χ0n) is 19.1. The summed E-state index contributed by atoms with van der Waals surface area (Å²) >= 11 is 0. The third kappa shape index (κ3) is 5.51. The highest BCUT2D eigenvalue weighted by Gasteiger charge is 2.33. The van der Waals surface area contributed by atoms with Crippen LogP contribution in [0.1, 0.15) is 37.3 Å². The van der Waals surface area contributed by atoms with Crippen molar-refractivity contribution in [1.82, 2.24) is 10.2 Å². The molecule has 0 bridgehead atoms. The van der Waals surface area contributed by atoms with Gasteiger partial charge in [-0.3, -0.25) is 9.59 Å². The van der Waals surface area contributed by atoms with E-state index in [9.17, 15) is 14.4 Å². The van der Waals surface area contributed by atoms with Crippen molar-refractivity contribution in [3.63, 3.8) is 0 Å². The summed E-state index contributed by atoms with van der Waals surface area (Å²) in [6, 6.07) is 15.1. The van der Waals surface area contributed by atoms with E-state index < -0.39 is 30.1 Å². The first kappa shape index (κ1) is 24.3. The summed E-state index contributed by atoms with van der Waals surface area (Å²) < 4.78 is 10.8. The van der Waals surface area contributed by atoms with Crippen LogP contribution < -0.4 is 5.32 Å². The summed E-state index contributed by atoms with van der Waals surface area (Å²) in [5.41, 5.74) is 4.44. The summed E-state index contributed by atoms with van der Waals surface area (Å²) in [5.74, 6) is -1.51. The molecule has 0 heterocycles. The lowest BCUT2D eigenvalue weighted by atomic mass is 9.98. The first-order valence-electron chi connectivity index (χ1n) is 11.0. The van der Waals surface area contributed by atoms with Gasteiger partial charge in [0.25, 0.3) is 0 Å². The van der Waals surface area contributed by atoms with Crippen molar-refractivity contribution in [3.05, 3.63) is 59.7 Å². The minimum atomic E-state index is -1.00. The highest BCUT2D eigenvalue weighted by atomic mass is 16.5. The number of carbonyl (C=O) groups excluding carboxylic acids is 2. The molecule has 0 fully saturated rings. The quantitative estimate of drug-likeness (QED) is 0.571. The molecule has 0 aliphatic heterocycles. The Bertz CT molecular complexity index is 962. The molecule has 1 aliphatic rings. The molecule has 0 saturated heterocycles. The molecule has 2 aromatic carbocycles. The van der Waals surface area contributed by atoms with Crippen LogP contribution >= 0.6 is 0 Å². The molecular formula is C25H30N2O6. The summed E-state index contributed by atoms with van der Waals surface area (Å²) in [6.07, 6.45) is -1.54. The van der Waals surface area contributed by atoms with Crippen LogP contribution in [0.4, 0.5) is 4.79 Å². The third-order valence-corrected chi connectivity index (χ3v) is 6.01. The van der Waals surface area contributed by atoms with Crippen molar-refractivity contribution in [2.75, 3.05) is 26.8 Å². The molecule has 1 aliphatic carbocycles. The number of carboxylic acid groups (broad SMARTS) is 1. The Labute approximate surface area is 193 Å². The lowest BCUT2D eigenvalue weighted by molar-refractivity contribution is -0.140. The van der Waals surface area contributed by atoms with Crippen LogP contribution in [-0.4, -0.2) is 66.9 Å². The Balaban J connectivity index is 1.69. The van der Waals surface area contributed by atoms with Gasteiger partial charge in [0, 0.05) is 26.1 Å². The highest BCUT2D eigenvalue weighted by molar-refractivity contribution is 5.86. The van der Waals surface area contributed by atoms with Crippen molar-refractivity contribution in [3.8, 4) is 11.1 Å². The molecule has 3 rings (SSSR count). The molecule has 0 radical (unpaired) electrons. The molecule has 2 N–H and O–H groups in total. The number of rotatable bonds is 10. The summed E-state index contributed by atoms with van der Waals surface area (Å²) in [6.45, 7) is 3.90. The number of likely N-dealkylation sites (N-methyl/N-ethyl adjacent to an activating group) is 1. The van der Waals surface area contributed by atoms with E-state index in [0.717, 1.165) is 22.3 Å². The highest BCUT2D eigenvalue weighted by Crippen LogP contribution is 2.44. The molecule has 0 aromatic heterocycles. The van der Waals surface area contributed by atoms with Crippen LogP contribution in [0.5, 0.6) is 0 Å². The third-order valence-electron chi connectivity index (χ3n) is 6.01. The second-order valence-corrected chi connectivity index (χ2v) is 7.95. The molecule has 0 spiro atoms. The van der Waals surface area contributed by atoms with Gasteiger partial charge in [-0.05, 0) is 36.1 Å². The van der Waals surface area contributed by atoms with Gasteiger partial charge in [-0.1, -0.05) is 48.5 Å². The van der Waals surface area contributed by atoms with E-state index >= 15 is 0 Å². The number of amides is 2. The minimum absolute atomic E-state index is 0.0456. The number of methoxy groups -OCH3 is 1. The SMILES string of the molecule is CCN(CCC(=O)O)C(=O)C(NC(=O)OCC1c2ccccc2-c2ccccc21)C(C)OC. The molecule has 8 nitrogen and oxygen atoms in total. The van der Waals surface area contributed by atoms with Gasteiger partial charge in [-0.2, -0.15) is 0 Å². The predicted octanol–water partition coefficient (Wildman–Crippen LogP) is 3.25. The fourth-order valence-corrected chi connectivity index (χ4v) is 4.13. The van der Waals surface area contributed by atoms with Gasteiger partial charge in [-0.25, -0.2) is 4.79 Å². The molecule has 8 heteroatoms. The number of fused-ring (bicyclic) bond motifs is 3. The van der Waals surface area contributed by atoms with Crippen LogP contribution in [0.15, 0.2) is 48.5 Å². The van der Waals surface area contributed by atoms with Crippen LogP contribution in [0.2, 0.25) is 0 Å². The normalized spacial score (nSPS) is 14.0. The number of carboxylic acids is 1. The Morgan fingerprint density at radius 2 is 1.64 bits per heavy atom. The van der Waals surface area contributed by atoms with E-state index in [4.69, 9.17) is 14.6 Å². The number of benzene rings is 2. The van der Waals surface area contributed by atoms with Crippen molar-refractivity contribution in [2.24, 2.45) is 0 Å². The summed E-state index contributed by atoms with van der Waals surface area (Å²) in [5, 5.41) is 11.6. The second kappa shape index (κ2) is 11.0. The maximum Gasteiger partial charge on any atom is 0.407 e. The van der Waals surface area contributed by atoms with E-state index in [-0.39, 0.29) is 25.5 Å². The number of alkyl carbamates (subject to hydrolysis) is 1. The minimum Gasteiger partial charge on any atom is -0.481 e. The van der Waals surface area contributed by atoms with Crippen LogP contribution in [0.25, 0.3) is 11.1 Å². The zero-order chi connectivity index (χ0) is 24.0. The van der Waals surface area contributed by atoms with Crippen molar-refractivity contribution in [2.45, 2.75) is 38.3 Å². The summed E-state index contributed by atoms with van der Waals surface area (Å²) in [7, 11) is 1.44. The molecule has 0 saturated carbocycles. The predicted molar refractivity (Wildman–Crippen MR) is 123 cm³/mol. The first-order valence-corrected chi connectivity index (χ1v) is 11.0. The maximum absolute atomic E-state index is 13.0. The van der Waals surface area contributed by atoms with Crippen LogP contribution in [0.3, 0.4) is 0 Å². The van der Waals surface area contributed by atoms with Gasteiger partial charge in [-0.15, -0.1) is 0 Å². The Morgan fingerprint density at radius 3 is 2.15 bits per heavy atom.